The molecule has 1 nitrogen and oxygen atoms in total. The van der Waals surface area contributed by atoms with Gasteiger partial charge in [-0.25, -0.2) is 0 Å². The van der Waals surface area contributed by atoms with Crippen LogP contribution >= 0.6 is 0 Å². The summed E-state index contributed by atoms with van der Waals surface area (Å²) in [5.74, 6) is 0.183. The maximum absolute atomic E-state index is 12.7. The van der Waals surface area contributed by atoms with E-state index < -0.39 is 0 Å². The number of ketones is 1. The van der Waals surface area contributed by atoms with Gasteiger partial charge in [-0.3, -0.25) is 4.79 Å². The summed E-state index contributed by atoms with van der Waals surface area (Å²) >= 11 is 0. The lowest BCUT2D eigenvalue weighted by molar-refractivity contribution is -0.111. The summed E-state index contributed by atoms with van der Waals surface area (Å²) in [6.07, 6.45) is 5.70. The van der Waals surface area contributed by atoms with Crippen LogP contribution in [-0.2, 0) is 4.79 Å². The molecule has 1 heteroatoms. The summed E-state index contributed by atoms with van der Waals surface area (Å²) in [5, 5.41) is 0. The van der Waals surface area contributed by atoms with Crippen LogP contribution in [-0.4, -0.2) is 5.78 Å². The molecule has 0 spiro atoms. The smallest absolute Gasteiger partial charge is 0.185 e. The first-order valence-corrected chi connectivity index (χ1v) is 9.37. The Morgan fingerprint density at radius 3 is 1.67 bits per heavy atom. The van der Waals surface area contributed by atoms with Crippen molar-refractivity contribution in [1.82, 2.24) is 0 Å². The Morgan fingerprint density at radius 2 is 1.11 bits per heavy atom. The standard InChI is InChI=1S/C26H22O/c1-19-7-9-20(10-8-19)17-24-15-16-25(26(24)27)18-21-11-13-23(14-12-21)22-5-3-2-4-6-22/h2-14,17-18H,15-16H2,1H3. The van der Waals surface area contributed by atoms with Crippen molar-refractivity contribution in [2.24, 2.45) is 0 Å². The van der Waals surface area contributed by atoms with Crippen LogP contribution in [0.3, 0.4) is 0 Å². The zero-order valence-electron chi connectivity index (χ0n) is 15.5. The molecule has 0 radical (unpaired) electrons. The molecule has 1 aliphatic rings. The molecule has 0 atom stereocenters. The molecular formula is C26H22O. The molecule has 0 bridgehead atoms. The molecule has 1 aliphatic carbocycles. The molecule has 4 rings (SSSR count). The summed E-state index contributed by atoms with van der Waals surface area (Å²) < 4.78 is 0. The predicted octanol–water partition coefficient (Wildman–Crippen LogP) is 6.49. The molecule has 132 valence electrons. The second-order valence-electron chi connectivity index (χ2n) is 7.07. The molecular weight excluding hydrogens is 328 g/mol. The van der Waals surface area contributed by atoms with Crippen LogP contribution in [0.15, 0.2) is 90.0 Å². The van der Waals surface area contributed by atoms with Crippen LogP contribution < -0.4 is 0 Å². The Labute approximate surface area is 160 Å². The number of hydrogen-bond donors (Lipinski definition) is 0. The third-order valence-corrected chi connectivity index (χ3v) is 5.02. The van der Waals surface area contributed by atoms with E-state index in [9.17, 15) is 4.79 Å². The normalized spacial score (nSPS) is 17.0. The van der Waals surface area contributed by atoms with Crippen molar-refractivity contribution in [3.63, 3.8) is 0 Å². The van der Waals surface area contributed by atoms with E-state index in [0.717, 1.165) is 35.1 Å². The van der Waals surface area contributed by atoms with Gasteiger partial charge in [-0.1, -0.05) is 84.4 Å². The maximum Gasteiger partial charge on any atom is 0.185 e. The Hall–Kier alpha value is -3.19. The Kier molecular flexibility index (Phi) is 4.84. The van der Waals surface area contributed by atoms with Gasteiger partial charge in [-0.15, -0.1) is 0 Å². The van der Waals surface area contributed by atoms with Crippen LogP contribution in [0, 0.1) is 6.92 Å². The summed E-state index contributed by atoms with van der Waals surface area (Å²) in [6.45, 7) is 2.07. The lowest BCUT2D eigenvalue weighted by atomic mass is 10.0. The zero-order valence-corrected chi connectivity index (χ0v) is 15.5. The van der Waals surface area contributed by atoms with Crippen molar-refractivity contribution < 1.29 is 4.79 Å². The summed E-state index contributed by atoms with van der Waals surface area (Å²) in [7, 11) is 0. The highest BCUT2D eigenvalue weighted by Gasteiger charge is 2.22. The fourth-order valence-corrected chi connectivity index (χ4v) is 3.45. The first-order chi connectivity index (χ1) is 13.2. The molecule has 0 aliphatic heterocycles. The van der Waals surface area contributed by atoms with Crippen LogP contribution in [0.4, 0.5) is 0 Å². The molecule has 0 unspecified atom stereocenters. The van der Waals surface area contributed by atoms with E-state index in [4.69, 9.17) is 0 Å². The Balaban J connectivity index is 1.53. The van der Waals surface area contributed by atoms with E-state index in [1.807, 2.05) is 30.4 Å². The SMILES string of the molecule is Cc1ccc(C=C2CCC(=Cc3ccc(-c4ccccc4)cc3)C2=O)cc1. The number of Topliss-reactive ketones (excluding diaryl/α,β-unsaturated/α-hetero) is 1. The third kappa shape index (κ3) is 3.98. The second-order valence-corrected chi connectivity index (χ2v) is 7.07. The van der Waals surface area contributed by atoms with E-state index in [1.165, 1.54) is 16.7 Å². The molecule has 0 saturated heterocycles. The Morgan fingerprint density at radius 1 is 0.630 bits per heavy atom. The van der Waals surface area contributed by atoms with Gasteiger partial charge >= 0.3 is 0 Å². The van der Waals surface area contributed by atoms with Crippen LogP contribution in [0.2, 0.25) is 0 Å². The number of aryl methyl sites for hydroxylation is 1. The van der Waals surface area contributed by atoms with Gasteiger partial charge in [-0.2, -0.15) is 0 Å². The number of carbonyl (C=O) groups excluding carboxylic acids is 1. The van der Waals surface area contributed by atoms with E-state index in [0.29, 0.717) is 0 Å². The topological polar surface area (TPSA) is 17.1 Å². The first kappa shape index (κ1) is 17.2. The minimum absolute atomic E-state index is 0.183. The predicted molar refractivity (Wildman–Crippen MR) is 113 cm³/mol. The molecule has 3 aromatic carbocycles. The quantitative estimate of drug-likeness (QED) is 0.493. The van der Waals surface area contributed by atoms with Crippen LogP contribution in [0.25, 0.3) is 23.3 Å². The molecule has 1 saturated carbocycles. The summed E-state index contributed by atoms with van der Waals surface area (Å²) in [5.41, 5.74) is 7.61. The minimum Gasteiger partial charge on any atom is -0.289 e. The molecule has 1 fully saturated rings. The van der Waals surface area contributed by atoms with Gasteiger partial charge in [-0.05, 0) is 54.2 Å². The summed E-state index contributed by atoms with van der Waals surface area (Å²) in [4.78, 5) is 12.7. The molecule has 27 heavy (non-hydrogen) atoms. The van der Waals surface area contributed by atoms with E-state index in [-0.39, 0.29) is 5.78 Å². The fourth-order valence-electron chi connectivity index (χ4n) is 3.45. The highest BCUT2D eigenvalue weighted by Crippen LogP contribution is 2.30. The fraction of sp³-hybridized carbons (Fsp3) is 0.115. The van der Waals surface area contributed by atoms with Gasteiger partial charge < -0.3 is 0 Å². The van der Waals surface area contributed by atoms with Gasteiger partial charge in [0, 0.05) is 11.1 Å². The third-order valence-electron chi connectivity index (χ3n) is 5.02. The van der Waals surface area contributed by atoms with Crippen molar-refractivity contribution in [1.29, 1.82) is 0 Å². The first-order valence-electron chi connectivity index (χ1n) is 9.37. The molecule has 0 N–H and O–H groups in total. The van der Waals surface area contributed by atoms with Gasteiger partial charge in [0.1, 0.15) is 0 Å². The lowest BCUT2D eigenvalue weighted by Crippen LogP contribution is -1.95. The van der Waals surface area contributed by atoms with E-state index in [2.05, 4.69) is 67.6 Å². The molecule has 3 aromatic rings. The average Bonchev–Trinajstić information content (AvgIpc) is 3.04. The van der Waals surface area contributed by atoms with Gasteiger partial charge in [0.25, 0.3) is 0 Å². The monoisotopic (exact) mass is 350 g/mol. The minimum atomic E-state index is 0.183. The number of benzene rings is 3. The number of hydrogen-bond acceptors (Lipinski definition) is 1. The average molecular weight is 350 g/mol. The van der Waals surface area contributed by atoms with Crippen LogP contribution in [0.1, 0.15) is 29.5 Å². The largest absolute Gasteiger partial charge is 0.289 e. The van der Waals surface area contributed by atoms with Crippen molar-refractivity contribution in [2.75, 3.05) is 0 Å². The highest BCUT2D eigenvalue weighted by molar-refractivity contribution is 6.15. The Bertz CT molecular complexity index is 1000. The van der Waals surface area contributed by atoms with Crippen molar-refractivity contribution in [3.8, 4) is 11.1 Å². The zero-order chi connectivity index (χ0) is 18.6. The molecule has 0 heterocycles. The summed E-state index contributed by atoms with van der Waals surface area (Å²) in [6, 6.07) is 27.0. The lowest BCUT2D eigenvalue weighted by Gasteiger charge is -2.02. The van der Waals surface area contributed by atoms with Gasteiger partial charge in [0.05, 0.1) is 0 Å². The van der Waals surface area contributed by atoms with Crippen molar-refractivity contribution in [3.05, 3.63) is 107 Å². The number of rotatable bonds is 3. The highest BCUT2D eigenvalue weighted by atomic mass is 16.1. The molecule has 0 aromatic heterocycles. The van der Waals surface area contributed by atoms with E-state index >= 15 is 0 Å². The second kappa shape index (κ2) is 7.59. The maximum atomic E-state index is 12.7. The van der Waals surface area contributed by atoms with Gasteiger partial charge in [0.2, 0.25) is 0 Å². The van der Waals surface area contributed by atoms with Gasteiger partial charge in [0.15, 0.2) is 5.78 Å². The number of carbonyl (C=O) groups is 1. The molecule has 0 amide bonds. The van der Waals surface area contributed by atoms with Crippen molar-refractivity contribution >= 4 is 17.9 Å². The number of allylic oxidation sites excluding steroid dienone is 2. The van der Waals surface area contributed by atoms with E-state index in [1.54, 1.807) is 0 Å². The van der Waals surface area contributed by atoms with Crippen LogP contribution in [0.5, 0.6) is 0 Å². The van der Waals surface area contributed by atoms with Crippen molar-refractivity contribution in [2.45, 2.75) is 19.8 Å².